The number of nitrogens with zero attached hydrogens (tertiary/aromatic N) is 1. The Kier molecular flexibility index (Phi) is 6.13. The van der Waals surface area contributed by atoms with E-state index in [1.165, 1.54) is 12.1 Å². The topological polar surface area (TPSA) is 121 Å². The van der Waals surface area contributed by atoms with Gasteiger partial charge in [0.15, 0.2) is 0 Å². The van der Waals surface area contributed by atoms with Crippen LogP contribution in [0.15, 0.2) is 23.1 Å². The lowest BCUT2D eigenvalue weighted by atomic mass is 10.1. The summed E-state index contributed by atoms with van der Waals surface area (Å²) in [5, 5.41) is 22.9. The molecule has 0 amide bonds. The number of anilines is 1. The third kappa shape index (κ3) is 5.00. The van der Waals surface area contributed by atoms with Gasteiger partial charge in [0, 0.05) is 20.2 Å². The predicted molar refractivity (Wildman–Crippen MR) is 79.0 cm³/mol. The van der Waals surface area contributed by atoms with E-state index in [-0.39, 0.29) is 17.1 Å². The number of hydrogen-bond acceptors (Lipinski definition) is 5. The molecule has 0 saturated carbocycles. The molecule has 7 nitrogen and oxygen atoms in total. The Bertz CT molecular complexity index is 601. The van der Waals surface area contributed by atoms with Crippen LogP contribution in [0.25, 0.3) is 0 Å². The fourth-order valence-electron chi connectivity index (χ4n) is 1.95. The number of aliphatic hydroxyl groups excluding tert-OH is 1. The van der Waals surface area contributed by atoms with Gasteiger partial charge in [-0.15, -0.1) is 0 Å². The number of primary sulfonamides is 1. The highest BCUT2D eigenvalue weighted by Gasteiger charge is 2.18. The van der Waals surface area contributed by atoms with Crippen molar-refractivity contribution in [3.8, 4) is 0 Å². The number of aliphatic hydroxyl groups is 1. The molecule has 0 unspecified atom stereocenters. The molecular formula is C13H20N2O5S. The number of aromatic carboxylic acids is 1. The molecule has 0 aliphatic carbocycles. The summed E-state index contributed by atoms with van der Waals surface area (Å²) in [6.07, 6.45) is 2.33. The monoisotopic (exact) mass is 316 g/mol. The number of rotatable bonds is 8. The molecule has 0 bridgehead atoms. The number of carboxylic acid groups (broad SMARTS) is 1. The zero-order valence-electron chi connectivity index (χ0n) is 11.8. The van der Waals surface area contributed by atoms with Crippen LogP contribution in [0, 0.1) is 0 Å². The maximum Gasteiger partial charge on any atom is 0.337 e. The molecule has 0 heterocycles. The van der Waals surface area contributed by atoms with E-state index < -0.39 is 16.0 Å². The fourth-order valence-corrected chi connectivity index (χ4v) is 2.49. The number of sulfonamides is 1. The van der Waals surface area contributed by atoms with Gasteiger partial charge < -0.3 is 15.1 Å². The van der Waals surface area contributed by atoms with E-state index >= 15 is 0 Å². The lowest BCUT2D eigenvalue weighted by Gasteiger charge is -2.21. The van der Waals surface area contributed by atoms with Gasteiger partial charge in [-0.3, -0.25) is 0 Å². The standard InChI is InChI=1S/C13H20N2O5S/c1-15(7-3-2-4-8-16)12-6-5-10(21(14,19)20)9-11(12)13(17)18/h5-6,9,16H,2-4,7-8H2,1H3,(H,17,18)(H2,14,19,20). The molecule has 0 saturated heterocycles. The van der Waals surface area contributed by atoms with Gasteiger partial charge in [-0.2, -0.15) is 0 Å². The van der Waals surface area contributed by atoms with Crippen molar-refractivity contribution in [1.82, 2.24) is 0 Å². The summed E-state index contributed by atoms with van der Waals surface area (Å²) in [5.74, 6) is -1.21. The molecule has 0 radical (unpaired) electrons. The molecule has 0 spiro atoms. The number of carboxylic acids is 1. The molecule has 0 aliphatic rings. The molecule has 4 N–H and O–H groups in total. The van der Waals surface area contributed by atoms with Crippen molar-refractivity contribution in [1.29, 1.82) is 0 Å². The number of benzene rings is 1. The first-order valence-corrected chi connectivity index (χ1v) is 8.04. The van der Waals surface area contributed by atoms with Crippen LogP contribution in [0.5, 0.6) is 0 Å². The van der Waals surface area contributed by atoms with Gasteiger partial charge >= 0.3 is 5.97 Å². The number of carbonyl (C=O) groups is 1. The normalized spacial score (nSPS) is 11.4. The number of nitrogens with two attached hydrogens (primary N) is 1. The molecule has 1 rings (SSSR count). The van der Waals surface area contributed by atoms with Gasteiger partial charge in [0.05, 0.1) is 16.1 Å². The summed E-state index contributed by atoms with van der Waals surface area (Å²) in [7, 11) is -2.20. The van der Waals surface area contributed by atoms with Crippen LogP contribution in [0.4, 0.5) is 5.69 Å². The second-order valence-corrected chi connectivity index (χ2v) is 6.30. The molecule has 1 aromatic rings. The molecule has 118 valence electrons. The number of hydrogen-bond donors (Lipinski definition) is 3. The highest BCUT2D eigenvalue weighted by molar-refractivity contribution is 7.89. The first-order chi connectivity index (χ1) is 9.77. The lowest BCUT2D eigenvalue weighted by molar-refractivity contribution is 0.0697. The first kappa shape index (κ1) is 17.4. The quantitative estimate of drug-likeness (QED) is 0.605. The summed E-state index contributed by atoms with van der Waals surface area (Å²) in [4.78, 5) is 12.8. The molecule has 0 atom stereocenters. The summed E-state index contributed by atoms with van der Waals surface area (Å²) in [6.45, 7) is 0.738. The van der Waals surface area contributed by atoms with Gasteiger partial charge in [-0.1, -0.05) is 0 Å². The summed E-state index contributed by atoms with van der Waals surface area (Å²) in [6, 6.07) is 3.80. The highest BCUT2D eigenvalue weighted by Crippen LogP contribution is 2.23. The minimum atomic E-state index is -3.94. The average molecular weight is 316 g/mol. The maximum absolute atomic E-state index is 11.3. The molecule has 0 aromatic heterocycles. The Hall–Kier alpha value is -1.64. The van der Waals surface area contributed by atoms with Gasteiger partial charge in [0.1, 0.15) is 0 Å². The van der Waals surface area contributed by atoms with Crippen molar-refractivity contribution in [2.45, 2.75) is 24.2 Å². The largest absolute Gasteiger partial charge is 0.478 e. The van der Waals surface area contributed by atoms with Crippen LogP contribution in [0.2, 0.25) is 0 Å². The zero-order chi connectivity index (χ0) is 16.0. The minimum Gasteiger partial charge on any atom is -0.478 e. The molecular weight excluding hydrogens is 296 g/mol. The minimum absolute atomic E-state index is 0.105. The van der Waals surface area contributed by atoms with Crippen LogP contribution in [0.1, 0.15) is 29.6 Å². The van der Waals surface area contributed by atoms with E-state index in [1.807, 2.05) is 0 Å². The Morgan fingerprint density at radius 2 is 1.95 bits per heavy atom. The van der Waals surface area contributed by atoms with E-state index in [0.29, 0.717) is 18.7 Å². The van der Waals surface area contributed by atoms with Crippen molar-refractivity contribution in [3.63, 3.8) is 0 Å². The van der Waals surface area contributed by atoms with Crippen LogP contribution in [0.3, 0.4) is 0 Å². The first-order valence-electron chi connectivity index (χ1n) is 6.49. The third-order valence-electron chi connectivity index (χ3n) is 3.09. The van der Waals surface area contributed by atoms with Crippen molar-refractivity contribution >= 4 is 21.7 Å². The second-order valence-electron chi connectivity index (χ2n) is 4.73. The van der Waals surface area contributed by atoms with E-state index in [0.717, 1.165) is 18.9 Å². The van der Waals surface area contributed by atoms with Crippen LogP contribution < -0.4 is 10.0 Å². The maximum atomic E-state index is 11.3. The molecule has 8 heteroatoms. The summed E-state index contributed by atoms with van der Waals surface area (Å²) >= 11 is 0. The Balaban J connectivity index is 2.99. The van der Waals surface area contributed by atoms with E-state index in [9.17, 15) is 18.3 Å². The van der Waals surface area contributed by atoms with Crippen LogP contribution in [-0.2, 0) is 10.0 Å². The van der Waals surface area contributed by atoms with Gasteiger partial charge in [0.2, 0.25) is 10.0 Å². The van der Waals surface area contributed by atoms with E-state index in [4.69, 9.17) is 10.2 Å². The van der Waals surface area contributed by atoms with Gasteiger partial charge in [0.25, 0.3) is 0 Å². The molecule has 0 fully saturated rings. The Morgan fingerprint density at radius 3 is 2.48 bits per heavy atom. The van der Waals surface area contributed by atoms with Gasteiger partial charge in [-0.05, 0) is 37.5 Å². The smallest absolute Gasteiger partial charge is 0.337 e. The summed E-state index contributed by atoms with van der Waals surface area (Å²) in [5.41, 5.74) is 0.324. The van der Waals surface area contributed by atoms with Crippen molar-refractivity contribution < 1.29 is 23.4 Å². The van der Waals surface area contributed by atoms with Crippen LogP contribution >= 0.6 is 0 Å². The Morgan fingerprint density at radius 1 is 1.29 bits per heavy atom. The zero-order valence-corrected chi connectivity index (χ0v) is 12.6. The number of unbranched alkanes of at least 4 members (excludes halogenated alkanes) is 2. The van der Waals surface area contributed by atoms with E-state index in [2.05, 4.69) is 0 Å². The third-order valence-corrected chi connectivity index (χ3v) is 4.00. The predicted octanol–water partition coefficient (Wildman–Crippen LogP) is 0.631. The fraction of sp³-hybridized carbons (Fsp3) is 0.462. The van der Waals surface area contributed by atoms with Gasteiger partial charge in [-0.25, -0.2) is 18.4 Å². The van der Waals surface area contributed by atoms with Crippen LogP contribution in [-0.4, -0.2) is 44.8 Å². The van der Waals surface area contributed by atoms with Crippen molar-refractivity contribution in [2.75, 3.05) is 25.1 Å². The second kappa shape index (κ2) is 7.39. The van der Waals surface area contributed by atoms with Crippen molar-refractivity contribution in [3.05, 3.63) is 23.8 Å². The Labute approximate surface area is 124 Å². The highest BCUT2D eigenvalue weighted by atomic mass is 32.2. The summed E-state index contributed by atoms with van der Waals surface area (Å²) < 4.78 is 22.6. The molecule has 1 aromatic carbocycles. The SMILES string of the molecule is CN(CCCCCO)c1ccc(S(N)(=O)=O)cc1C(=O)O. The average Bonchev–Trinajstić information content (AvgIpc) is 2.41. The molecule has 0 aliphatic heterocycles. The van der Waals surface area contributed by atoms with E-state index in [1.54, 1.807) is 11.9 Å². The van der Waals surface area contributed by atoms with Crippen molar-refractivity contribution in [2.24, 2.45) is 5.14 Å². The lowest BCUT2D eigenvalue weighted by Crippen LogP contribution is -2.22. The molecule has 21 heavy (non-hydrogen) atoms.